The fourth-order valence-corrected chi connectivity index (χ4v) is 1.83. The van der Waals surface area contributed by atoms with E-state index >= 15 is 0 Å². The number of hydrogen-bond acceptors (Lipinski definition) is 4. The Bertz CT molecular complexity index is 511. The lowest BCUT2D eigenvalue weighted by Crippen LogP contribution is -2.06. The third-order valence-corrected chi connectivity index (χ3v) is 2.80. The number of hydrogen-bond donors (Lipinski definition) is 3. The van der Waals surface area contributed by atoms with Crippen LogP contribution in [-0.4, -0.2) is 23.2 Å². The van der Waals surface area contributed by atoms with Crippen molar-refractivity contribution in [3.05, 3.63) is 48.2 Å². The van der Waals surface area contributed by atoms with Gasteiger partial charge < -0.3 is 15.7 Å². The van der Waals surface area contributed by atoms with Crippen LogP contribution in [0.3, 0.4) is 0 Å². The number of anilines is 2. The lowest BCUT2D eigenvalue weighted by Gasteiger charge is -2.08. The number of aromatic hydroxyl groups is 1. The Kier molecular flexibility index (Phi) is 4.61. The summed E-state index contributed by atoms with van der Waals surface area (Å²) in [6.45, 7) is 3.76. The minimum Gasteiger partial charge on any atom is -0.508 e. The molecule has 1 aromatic carbocycles. The summed E-state index contributed by atoms with van der Waals surface area (Å²) >= 11 is 0. The molecule has 0 aliphatic carbocycles. The molecule has 2 aromatic rings. The van der Waals surface area contributed by atoms with Gasteiger partial charge in [-0.1, -0.05) is 12.1 Å². The van der Waals surface area contributed by atoms with Crippen molar-refractivity contribution >= 4 is 11.5 Å². The van der Waals surface area contributed by atoms with E-state index in [0.717, 1.165) is 31.0 Å². The monoisotopic (exact) mass is 257 g/mol. The number of nitrogens with zero attached hydrogens (tertiary/aromatic N) is 1. The summed E-state index contributed by atoms with van der Waals surface area (Å²) in [6.07, 6.45) is 2.71. The number of benzene rings is 1. The molecule has 0 saturated heterocycles. The summed E-state index contributed by atoms with van der Waals surface area (Å²) in [7, 11) is 0. The molecule has 0 fully saturated rings. The number of nitrogens with one attached hydrogen (secondary N) is 2. The predicted molar refractivity (Wildman–Crippen MR) is 78.7 cm³/mol. The third kappa shape index (κ3) is 4.17. The Morgan fingerprint density at radius 2 is 1.89 bits per heavy atom. The van der Waals surface area contributed by atoms with Gasteiger partial charge in [-0.15, -0.1) is 0 Å². The first kappa shape index (κ1) is 13.2. The van der Waals surface area contributed by atoms with Gasteiger partial charge in [0, 0.05) is 31.0 Å². The zero-order chi connectivity index (χ0) is 13.5. The average molecular weight is 257 g/mol. The molecule has 0 atom stereocenters. The SMILES string of the molecule is CCNc1cc(NCCc2ccc(O)cc2)ccn1. The van der Waals surface area contributed by atoms with E-state index in [1.165, 1.54) is 5.56 Å². The molecule has 0 saturated carbocycles. The van der Waals surface area contributed by atoms with Gasteiger partial charge in [0.1, 0.15) is 11.6 Å². The summed E-state index contributed by atoms with van der Waals surface area (Å²) in [5.74, 6) is 1.19. The third-order valence-electron chi connectivity index (χ3n) is 2.80. The van der Waals surface area contributed by atoms with E-state index in [1.807, 2.05) is 31.2 Å². The molecule has 4 nitrogen and oxygen atoms in total. The molecular formula is C15H19N3O. The standard InChI is InChI=1S/C15H19N3O/c1-2-16-15-11-13(8-10-18-15)17-9-7-12-3-5-14(19)6-4-12/h3-6,8,10-11,19H,2,7,9H2,1H3,(H2,16,17,18). The largest absolute Gasteiger partial charge is 0.508 e. The highest BCUT2D eigenvalue weighted by atomic mass is 16.3. The maximum absolute atomic E-state index is 9.21. The van der Waals surface area contributed by atoms with Gasteiger partial charge in [0.25, 0.3) is 0 Å². The molecule has 100 valence electrons. The summed E-state index contributed by atoms with van der Waals surface area (Å²) in [5, 5.41) is 15.8. The molecule has 0 amide bonds. The maximum Gasteiger partial charge on any atom is 0.127 e. The number of pyridine rings is 1. The molecule has 0 aliphatic heterocycles. The summed E-state index contributed by atoms with van der Waals surface area (Å²) < 4.78 is 0. The first-order valence-electron chi connectivity index (χ1n) is 6.49. The van der Waals surface area contributed by atoms with Gasteiger partial charge >= 0.3 is 0 Å². The second-order valence-corrected chi connectivity index (χ2v) is 4.30. The first-order valence-corrected chi connectivity index (χ1v) is 6.49. The van der Waals surface area contributed by atoms with Crippen molar-refractivity contribution < 1.29 is 5.11 Å². The normalized spacial score (nSPS) is 10.2. The zero-order valence-electron chi connectivity index (χ0n) is 11.1. The second-order valence-electron chi connectivity index (χ2n) is 4.30. The minimum atomic E-state index is 0.307. The Morgan fingerprint density at radius 1 is 1.11 bits per heavy atom. The van der Waals surface area contributed by atoms with Crippen molar-refractivity contribution in [1.82, 2.24) is 4.98 Å². The van der Waals surface area contributed by atoms with Crippen molar-refractivity contribution in [3.8, 4) is 5.75 Å². The van der Waals surface area contributed by atoms with E-state index in [1.54, 1.807) is 18.3 Å². The predicted octanol–water partition coefficient (Wildman–Crippen LogP) is 2.87. The van der Waals surface area contributed by atoms with Crippen LogP contribution in [-0.2, 0) is 6.42 Å². The molecule has 0 bridgehead atoms. The fraction of sp³-hybridized carbons (Fsp3) is 0.267. The molecule has 0 unspecified atom stereocenters. The highest BCUT2D eigenvalue weighted by Gasteiger charge is 1.97. The maximum atomic E-state index is 9.21. The lowest BCUT2D eigenvalue weighted by molar-refractivity contribution is 0.475. The lowest BCUT2D eigenvalue weighted by atomic mass is 10.1. The van der Waals surface area contributed by atoms with E-state index in [4.69, 9.17) is 0 Å². The molecule has 1 aromatic heterocycles. The van der Waals surface area contributed by atoms with Gasteiger partial charge in [-0.25, -0.2) is 4.98 Å². The first-order chi connectivity index (χ1) is 9.28. The van der Waals surface area contributed by atoms with Crippen molar-refractivity contribution in [2.24, 2.45) is 0 Å². The number of rotatable bonds is 6. The molecule has 19 heavy (non-hydrogen) atoms. The molecule has 2 rings (SSSR count). The molecular weight excluding hydrogens is 238 g/mol. The fourth-order valence-electron chi connectivity index (χ4n) is 1.83. The van der Waals surface area contributed by atoms with E-state index < -0.39 is 0 Å². The Morgan fingerprint density at radius 3 is 2.63 bits per heavy atom. The van der Waals surface area contributed by atoms with E-state index in [0.29, 0.717) is 5.75 Å². The quantitative estimate of drug-likeness (QED) is 0.745. The van der Waals surface area contributed by atoms with Crippen LogP contribution in [0.1, 0.15) is 12.5 Å². The summed E-state index contributed by atoms with van der Waals surface area (Å²) in [5.41, 5.74) is 2.26. The van der Waals surface area contributed by atoms with Crippen LogP contribution in [0.25, 0.3) is 0 Å². The van der Waals surface area contributed by atoms with E-state index in [2.05, 4.69) is 15.6 Å². The number of aromatic nitrogens is 1. The van der Waals surface area contributed by atoms with Gasteiger partial charge in [-0.05, 0) is 37.1 Å². The van der Waals surface area contributed by atoms with Gasteiger partial charge in [0.05, 0.1) is 0 Å². The van der Waals surface area contributed by atoms with Crippen molar-refractivity contribution in [2.45, 2.75) is 13.3 Å². The Hall–Kier alpha value is -2.23. The Labute approximate surface area is 113 Å². The Balaban J connectivity index is 1.85. The van der Waals surface area contributed by atoms with Crippen LogP contribution in [0, 0.1) is 0 Å². The van der Waals surface area contributed by atoms with E-state index in [-0.39, 0.29) is 0 Å². The highest BCUT2D eigenvalue weighted by Crippen LogP contribution is 2.13. The molecule has 0 radical (unpaired) electrons. The van der Waals surface area contributed by atoms with Gasteiger partial charge in [0.2, 0.25) is 0 Å². The van der Waals surface area contributed by atoms with Gasteiger partial charge in [0.15, 0.2) is 0 Å². The van der Waals surface area contributed by atoms with Crippen LogP contribution >= 0.6 is 0 Å². The van der Waals surface area contributed by atoms with Crippen LogP contribution in [0.2, 0.25) is 0 Å². The molecule has 1 heterocycles. The van der Waals surface area contributed by atoms with Crippen LogP contribution < -0.4 is 10.6 Å². The van der Waals surface area contributed by atoms with Crippen LogP contribution in [0.5, 0.6) is 5.75 Å². The smallest absolute Gasteiger partial charge is 0.127 e. The average Bonchev–Trinajstić information content (AvgIpc) is 2.42. The summed E-state index contributed by atoms with van der Waals surface area (Å²) in [6, 6.07) is 11.3. The zero-order valence-corrected chi connectivity index (χ0v) is 11.1. The minimum absolute atomic E-state index is 0.307. The van der Waals surface area contributed by atoms with Crippen LogP contribution in [0.4, 0.5) is 11.5 Å². The molecule has 3 N–H and O–H groups in total. The van der Waals surface area contributed by atoms with Crippen molar-refractivity contribution in [1.29, 1.82) is 0 Å². The molecule has 0 aliphatic rings. The second kappa shape index (κ2) is 6.64. The molecule has 0 spiro atoms. The van der Waals surface area contributed by atoms with E-state index in [9.17, 15) is 5.11 Å². The van der Waals surface area contributed by atoms with Gasteiger partial charge in [-0.2, -0.15) is 0 Å². The highest BCUT2D eigenvalue weighted by molar-refractivity contribution is 5.51. The van der Waals surface area contributed by atoms with Crippen LogP contribution in [0.15, 0.2) is 42.6 Å². The topological polar surface area (TPSA) is 57.2 Å². The number of phenols is 1. The molecule has 4 heteroatoms. The summed E-state index contributed by atoms with van der Waals surface area (Å²) in [4.78, 5) is 4.23. The number of phenolic OH excluding ortho intramolecular Hbond substituents is 1. The van der Waals surface area contributed by atoms with Crippen molar-refractivity contribution in [3.63, 3.8) is 0 Å². The van der Waals surface area contributed by atoms with Crippen molar-refractivity contribution in [2.75, 3.05) is 23.7 Å². The van der Waals surface area contributed by atoms with Gasteiger partial charge in [-0.3, -0.25) is 0 Å².